The highest BCUT2D eigenvalue weighted by molar-refractivity contribution is 9.10. The third kappa shape index (κ3) is 2.89. The minimum absolute atomic E-state index is 0.0872. The second-order valence-corrected chi connectivity index (χ2v) is 8.96. The van der Waals surface area contributed by atoms with Crippen LogP contribution in [0.1, 0.15) is 43.7 Å². The van der Waals surface area contributed by atoms with E-state index >= 15 is 0 Å². The smallest absolute Gasteiger partial charge is 0.257 e. The predicted octanol–water partition coefficient (Wildman–Crippen LogP) is 4.40. The van der Waals surface area contributed by atoms with E-state index < -0.39 is 5.92 Å². The number of nitrogens with one attached hydrogen (secondary N) is 3. The number of H-pyrrole nitrogens is 2. The van der Waals surface area contributed by atoms with Gasteiger partial charge in [0.2, 0.25) is 0 Å². The lowest BCUT2D eigenvalue weighted by atomic mass is 9.69. The Bertz CT molecular complexity index is 1060. The third-order valence-corrected chi connectivity index (χ3v) is 5.69. The molecule has 4 rings (SSSR count). The Balaban J connectivity index is 2.00. The molecule has 0 unspecified atom stereocenters. The van der Waals surface area contributed by atoms with E-state index in [2.05, 4.69) is 45.1 Å². The van der Waals surface area contributed by atoms with Crippen LogP contribution in [0.4, 0.5) is 5.82 Å². The van der Waals surface area contributed by atoms with Crippen molar-refractivity contribution < 1.29 is 4.79 Å². The lowest BCUT2D eigenvalue weighted by Gasteiger charge is -2.38. The van der Waals surface area contributed by atoms with E-state index in [1.165, 1.54) is 0 Å². The minimum Gasteiger partial charge on any atom is -0.344 e. The van der Waals surface area contributed by atoms with E-state index in [4.69, 9.17) is 12.2 Å². The molecule has 1 aromatic heterocycles. The van der Waals surface area contributed by atoms with Crippen molar-refractivity contribution in [2.75, 3.05) is 5.32 Å². The third-order valence-electron chi connectivity index (χ3n) is 4.96. The molecule has 5 nitrogen and oxygen atoms in total. The molecular weight excluding hydrogens is 414 g/mol. The molecular formula is C19H18BrN3O2S. The Kier molecular flexibility index (Phi) is 4.04. The van der Waals surface area contributed by atoms with Gasteiger partial charge in [-0.05, 0) is 41.7 Å². The largest absolute Gasteiger partial charge is 0.344 e. The van der Waals surface area contributed by atoms with Gasteiger partial charge < -0.3 is 10.3 Å². The summed E-state index contributed by atoms with van der Waals surface area (Å²) in [5.41, 5.74) is 2.59. The van der Waals surface area contributed by atoms with Gasteiger partial charge in [0.25, 0.3) is 5.56 Å². The zero-order valence-corrected chi connectivity index (χ0v) is 16.8. The molecule has 0 radical (unpaired) electrons. The van der Waals surface area contributed by atoms with Gasteiger partial charge in [-0.1, -0.05) is 41.9 Å². The summed E-state index contributed by atoms with van der Waals surface area (Å²) in [6, 6.07) is 7.74. The SMILES string of the molecule is CC1(C)CC(=O)C2=C(C1)Nc1[nH]c(=S)[nH]c(=O)c1[C@H]2c1ccc(Br)cc1. The molecule has 1 atom stereocenters. The summed E-state index contributed by atoms with van der Waals surface area (Å²) < 4.78 is 1.21. The van der Waals surface area contributed by atoms with Crippen LogP contribution in [-0.2, 0) is 4.79 Å². The van der Waals surface area contributed by atoms with Crippen molar-refractivity contribution in [3.05, 3.63) is 66.3 Å². The van der Waals surface area contributed by atoms with Crippen LogP contribution in [0, 0.1) is 10.2 Å². The minimum atomic E-state index is -0.409. The molecule has 1 aromatic carbocycles. The van der Waals surface area contributed by atoms with Crippen molar-refractivity contribution in [1.82, 2.24) is 9.97 Å². The summed E-state index contributed by atoms with van der Waals surface area (Å²) in [4.78, 5) is 31.5. The van der Waals surface area contributed by atoms with Crippen LogP contribution < -0.4 is 10.9 Å². The van der Waals surface area contributed by atoms with Crippen molar-refractivity contribution in [2.45, 2.75) is 32.6 Å². The van der Waals surface area contributed by atoms with E-state index in [-0.39, 0.29) is 21.5 Å². The number of anilines is 1. The number of carbonyl (C=O) groups excluding carboxylic acids is 1. The van der Waals surface area contributed by atoms with Crippen LogP contribution in [0.3, 0.4) is 0 Å². The molecule has 26 heavy (non-hydrogen) atoms. The highest BCUT2D eigenvalue weighted by Gasteiger charge is 2.41. The van der Waals surface area contributed by atoms with Crippen molar-refractivity contribution in [3.8, 4) is 0 Å². The number of rotatable bonds is 1. The maximum atomic E-state index is 13.0. The molecule has 0 amide bonds. The number of aromatic amines is 2. The van der Waals surface area contributed by atoms with E-state index in [0.29, 0.717) is 23.4 Å². The van der Waals surface area contributed by atoms with Crippen molar-refractivity contribution in [1.29, 1.82) is 0 Å². The second kappa shape index (κ2) is 6.03. The highest BCUT2D eigenvalue weighted by Crippen LogP contribution is 2.47. The zero-order chi connectivity index (χ0) is 18.6. The lowest BCUT2D eigenvalue weighted by molar-refractivity contribution is -0.118. The Morgan fingerprint density at radius 2 is 1.81 bits per heavy atom. The van der Waals surface area contributed by atoms with Gasteiger partial charge in [0.1, 0.15) is 5.82 Å². The molecule has 2 aromatic rings. The number of Topliss-reactive ketones (excluding diaryl/α,β-unsaturated/α-hetero) is 1. The van der Waals surface area contributed by atoms with Crippen LogP contribution in [0.15, 0.2) is 44.8 Å². The molecule has 3 N–H and O–H groups in total. The molecule has 1 aliphatic heterocycles. The van der Waals surface area contributed by atoms with E-state index in [9.17, 15) is 9.59 Å². The zero-order valence-electron chi connectivity index (χ0n) is 14.4. The van der Waals surface area contributed by atoms with Crippen LogP contribution >= 0.6 is 28.1 Å². The molecule has 1 aliphatic carbocycles. The summed E-state index contributed by atoms with van der Waals surface area (Å²) in [5, 5.41) is 3.29. The average molecular weight is 432 g/mol. The first-order valence-electron chi connectivity index (χ1n) is 8.40. The predicted molar refractivity (Wildman–Crippen MR) is 107 cm³/mol. The molecule has 134 valence electrons. The fraction of sp³-hybridized carbons (Fsp3) is 0.316. The fourth-order valence-electron chi connectivity index (χ4n) is 3.94. The monoisotopic (exact) mass is 431 g/mol. The summed E-state index contributed by atoms with van der Waals surface area (Å²) in [5.74, 6) is 0.258. The first-order valence-corrected chi connectivity index (χ1v) is 9.60. The molecule has 0 spiro atoms. The number of ketones is 1. The number of aromatic nitrogens is 2. The number of carbonyl (C=O) groups is 1. The number of halogens is 1. The molecule has 2 heterocycles. The van der Waals surface area contributed by atoms with Crippen molar-refractivity contribution in [3.63, 3.8) is 0 Å². The van der Waals surface area contributed by atoms with Crippen LogP contribution in [0.25, 0.3) is 0 Å². The van der Waals surface area contributed by atoms with Gasteiger partial charge in [0, 0.05) is 28.1 Å². The Hall–Kier alpha value is -1.99. The number of allylic oxidation sites excluding steroid dienone is 2. The average Bonchev–Trinajstić information content (AvgIpc) is 2.52. The molecule has 2 aliphatic rings. The molecule has 0 saturated carbocycles. The van der Waals surface area contributed by atoms with E-state index in [1.807, 2.05) is 24.3 Å². The van der Waals surface area contributed by atoms with Gasteiger partial charge in [0.05, 0.1) is 5.56 Å². The maximum Gasteiger partial charge on any atom is 0.257 e. The summed E-state index contributed by atoms with van der Waals surface area (Å²) in [7, 11) is 0. The van der Waals surface area contributed by atoms with Crippen molar-refractivity contribution >= 4 is 39.7 Å². The van der Waals surface area contributed by atoms with Crippen molar-refractivity contribution in [2.24, 2.45) is 5.41 Å². The number of hydrogen-bond donors (Lipinski definition) is 3. The topological polar surface area (TPSA) is 77.8 Å². The lowest BCUT2D eigenvalue weighted by Crippen LogP contribution is -2.36. The van der Waals surface area contributed by atoms with Gasteiger partial charge in [-0.15, -0.1) is 0 Å². The van der Waals surface area contributed by atoms with Gasteiger partial charge in [-0.25, -0.2) is 0 Å². The fourth-order valence-corrected chi connectivity index (χ4v) is 4.39. The molecule has 0 saturated heterocycles. The van der Waals surface area contributed by atoms with Gasteiger partial charge in [0.15, 0.2) is 10.6 Å². The Morgan fingerprint density at radius 3 is 2.50 bits per heavy atom. The number of hydrogen-bond acceptors (Lipinski definition) is 4. The normalized spacial score (nSPS) is 21.0. The van der Waals surface area contributed by atoms with Crippen LogP contribution in [-0.4, -0.2) is 15.8 Å². The first-order chi connectivity index (χ1) is 12.2. The Morgan fingerprint density at radius 1 is 1.12 bits per heavy atom. The van der Waals surface area contributed by atoms with Gasteiger partial charge in [-0.2, -0.15) is 0 Å². The first kappa shape index (κ1) is 17.4. The number of benzene rings is 1. The number of fused-ring (bicyclic) bond motifs is 1. The van der Waals surface area contributed by atoms with Gasteiger partial charge in [-0.3, -0.25) is 14.6 Å². The molecule has 0 bridgehead atoms. The summed E-state index contributed by atoms with van der Waals surface area (Å²) >= 11 is 8.57. The van der Waals surface area contributed by atoms with Gasteiger partial charge >= 0.3 is 0 Å². The highest BCUT2D eigenvalue weighted by atomic mass is 79.9. The standard InChI is InChI=1S/C19H18BrN3O2S/c1-19(2)7-11-14(12(24)8-19)13(9-3-5-10(20)6-4-9)15-16(21-11)22-18(26)23-17(15)25/h3-6,13H,7-8H2,1-2H3,(H3,21,22,23,25,26)/t13-/m0/s1. The van der Waals surface area contributed by atoms with E-state index in [0.717, 1.165) is 22.2 Å². The maximum absolute atomic E-state index is 13.0. The molecule has 0 fully saturated rings. The summed E-state index contributed by atoms with van der Waals surface area (Å²) in [6.07, 6.45) is 1.21. The molecule has 7 heteroatoms. The van der Waals surface area contributed by atoms with Crippen LogP contribution in [0.5, 0.6) is 0 Å². The van der Waals surface area contributed by atoms with E-state index in [1.54, 1.807) is 0 Å². The van der Waals surface area contributed by atoms with Crippen LogP contribution in [0.2, 0.25) is 0 Å². The summed E-state index contributed by atoms with van der Waals surface area (Å²) in [6.45, 7) is 4.17. The Labute approximate surface area is 164 Å². The second-order valence-electron chi connectivity index (χ2n) is 7.64. The quantitative estimate of drug-likeness (QED) is 0.584.